The van der Waals surface area contributed by atoms with E-state index in [1.807, 2.05) is 78.9 Å². The largest absolute Gasteiger partial charge is 0.322 e. The van der Waals surface area contributed by atoms with Crippen LogP contribution in [0.5, 0.6) is 0 Å². The first kappa shape index (κ1) is 16.0. The standard InChI is InChI=1S/C21H16ClNO/c22-18-13-11-17(12-14-18)20(15-16-7-3-1-4-8-16)21(24)23-19-9-5-2-6-10-19/h1-15H,(H,23,24). The molecular weight excluding hydrogens is 318 g/mol. The maximum absolute atomic E-state index is 12.8. The molecule has 118 valence electrons. The van der Waals surface area contributed by atoms with Crippen molar-refractivity contribution in [3.8, 4) is 0 Å². The molecular formula is C21H16ClNO. The minimum absolute atomic E-state index is 0.160. The Morgan fingerprint density at radius 3 is 2.00 bits per heavy atom. The van der Waals surface area contributed by atoms with E-state index >= 15 is 0 Å². The number of nitrogens with one attached hydrogen (secondary N) is 1. The zero-order valence-corrected chi connectivity index (χ0v) is 13.7. The van der Waals surface area contributed by atoms with Crippen molar-refractivity contribution in [2.75, 3.05) is 5.32 Å². The molecule has 0 atom stereocenters. The summed E-state index contributed by atoms with van der Waals surface area (Å²) in [5, 5.41) is 3.58. The quantitative estimate of drug-likeness (QED) is 0.494. The predicted octanol–water partition coefficient (Wildman–Crippen LogP) is 5.52. The minimum atomic E-state index is -0.160. The number of carbonyl (C=O) groups is 1. The van der Waals surface area contributed by atoms with Crippen molar-refractivity contribution in [3.05, 3.63) is 101 Å². The molecule has 0 fully saturated rings. The highest BCUT2D eigenvalue weighted by atomic mass is 35.5. The lowest BCUT2D eigenvalue weighted by Crippen LogP contribution is -2.13. The van der Waals surface area contributed by atoms with Gasteiger partial charge in [0.1, 0.15) is 0 Å². The molecule has 3 aromatic rings. The lowest BCUT2D eigenvalue weighted by Gasteiger charge is -2.10. The Hall–Kier alpha value is -2.84. The molecule has 1 N–H and O–H groups in total. The number of hydrogen-bond donors (Lipinski definition) is 1. The molecule has 0 aromatic heterocycles. The summed E-state index contributed by atoms with van der Waals surface area (Å²) in [4.78, 5) is 12.8. The molecule has 2 nitrogen and oxygen atoms in total. The van der Waals surface area contributed by atoms with E-state index in [2.05, 4.69) is 5.32 Å². The molecule has 0 aliphatic carbocycles. The molecule has 0 aliphatic heterocycles. The summed E-state index contributed by atoms with van der Waals surface area (Å²) in [5.74, 6) is -0.160. The third-order valence-electron chi connectivity index (χ3n) is 3.54. The first-order valence-corrected chi connectivity index (χ1v) is 7.99. The van der Waals surface area contributed by atoms with Crippen LogP contribution in [-0.2, 0) is 4.79 Å². The van der Waals surface area contributed by atoms with Gasteiger partial charge in [-0.2, -0.15) is 0 Å². The maximum Gasteiger partial charge on any atom is 0.256 e. The van der Waals surface area contributed by atoms with Gasteiger partial charge in [-0.3, -0.25) is 4.79 Å². The second-order valence-electron chi connectivity index (χ2n) is 5.30. The van der Waals surface area contributed by atoms with Gasteiger partial charge >= 0.3 is 0 Å². The number of hydrogen-bond acceptors (Lipinski definition) is 1. The Morgan fingerprint density at radius 2 is 1.38 bits per heavy atom. The van der Waals surface area contributed by atoms with Crippen molar-refractivity contribution in [2.45, 2.75) is 0 Å². The summed E-state index contributed by atoms with van der Waals surface area (Å²) in [6.07, 6.45) is 1.88. The van der Waals surface area contributed by atoms with Gasteiger partial charge in [0.15, 0.2) is 0 Å². The summed E-state index contributed by atoms with van der Waals surface area (Å²) >= 11 is 5.97. The van der Waals surface area contributed by atoms with Crippen LogP contribution in [0.4, 0.5) is 5.69 Å². The number of carbonyl (C=O) groups excluding carboxylic acids is 1. The van der Waals surface area contributed by atoms with E-state index < -0.39 is 0 Å². The Morgan fingerprint density at radius 1 is 0.792 bits per heavy atom. The van der Waals surface area contributed by atoms with Gasteiger partial charge in [0.05, 0.1) is 0 Å². The molecule has 0 radical (unpaired) electrons. The van der Waals surface area contributed by atoms with Crippen molar-refractivity contribution in [3.63, 3.8) is 0 Å². The van der Waals surface area contributed by atoms with Crippen molar-refractivity contribution >= 4 is 34.8 Å². The zero-order valence-electron chi connectivity index (χ0n) is 12.9. The monoisotopic (exact) mass is 333 g/mol. The number of rotatable bonds is 4. The van der Waals surface area contributed by atoms with Crippen molar-refractivity contribution in [2.24, 2.45) is 0 Å². The van der Waals surface area contributed by atoms with Gasteiger partial charge in [-0.1, -0.05) is 72.3 Å². The predicted molar refractivity (Wildman–Crippen MR) is 101 cm³/mol. The number of benzene rings is 3. The molecule has 3 aromatic carbocycles. The van der Waals surface area contributed by atoms with Gasteiger partial charge in [0.2, 0.25) is 0 Å². The van der Waals surface area contributed by atoms with Crippen LogP contribution in [0.2, 0.25) is 5.02 Å². The summed E-state index contributed by atoms with van der Waals surface area (Å²) < 4.78 is 0. The normalized spacial score (nSPS) is 11.1. The molecule has 3 rings (SSSR count). The zero-order chi connectivity index (χ0) is 16.8. The van der Waals surface area contributed by atoms with Crippen LogP contribution in [0.1, 0.15) is 11.1 Å². The van der Waals surface area contributed by atoms with E-state index in [9.17, 15) is 4.79 Å². The van der Waals surface area contributed by atoms with E-state index in [1.165, 1.54) is 0 Å². The topological polar surface area (TPSA) is 29.1 Å². The van der Waals surface area contributed by atoms with Gasteiger partial charge in [-0.25, -0.2) is 0 Å². The Labute approximate surface area is 146 Å². The molecule has 0 bridgehead atoms. The first-order valence-electron chi connectivity index (χ1n) is 7.61. The van der Waals surface area contributed by atoms with Gasteiger partial charge in [0.25, 0.3) is 5.91 Å². The highest BCUT2D eigenvalue weighted by Gasteiger charge is 2.12. The first-order chi connectivity index (χ1) is 11.7. The Bertz CT molecular complexity index is 840. The SMILES string of the molecule is O=C(Nc1ccccc1)C(=Cc1ccccc1)c1ccc(Cl)cc1. The molecule has 24 heavy (non-hydrogen) atoms. The van der Waals surface area contributed by atoms with E-state index in [4.69, 9.17) is 11.6 Å². The average Bonchev–Trinajstić information content (AvgIpc) is 2.62. The number of halogens is 1. The van der Waals surface area contributed by atoms with Crippen LogP contribution in [0.25, 0.3) is 11.6 Å². The third kappa shape index (κ3) is 4.12. The van der Waals surface area contributed by atoms with Crippen LogP contribution >= 0.6 is 11.6 Å². The Kier molecular flexibility index (Phi) is 5.09. The van der Waals surface area contributed by atoms with Gasteiger partial charge < -0.3 is 5.32 Å². The Balaban J connectivity index is 1.97. The number of amides is 1. The smallest absolute Gasteiger partial charge is 0.256 e. The van der Waals surface area contributed by atoms with E-state index in [0.717, 1.165) is 16.8 Å². The summed E-state index contributed by atoms with van der Waals surface area (Å²) in [7, 11) is 0. The van der Waals surface area contributed by atoms with Crippen LogP contribution in [0.15, 0.2) is 84.9 Å². The summed E-state index contributed by atoms with van der Waals surface area (Å²) in [5.41, 5.74) is 3.12. The van der Waals surface area contributed by atoms with Crippen LogP contribution < -0.4 is 5.32 Å². The fourth-order valence-electron chi connectivity index (χ4n) is 2.35. The van der Waals surface area contributed by atoms with E-state index in [0.29, 0.717) is 10.6 Å². The van der Waals surface area contributed by atoms with Gasteiger partial charge in [-0.15, -0.1) is 0 Å². The molecule has 0 unspecified atom stereocenters. The molecule has 0 aliphatic rings. The number of para-hydroxylation sites is 1. The van der Waals surface area contributed by atoms with Crippen LogP contribution in [0, 0.1) is 0 Å². The van der Waals surface area contributed by atoms with E-state index in [1.54, 1.807) is 12.1 Å². The highest BCUT2D eigenvalue weighted by Crippen LogP contribution is 2.22. The lowest BCUT2D eigenvalue weighted by atomic mass is 10.0. The van der Waals surface area contributed by atoms with Gasteiger partial charge in [0, 0.05) is 16.3 Å². The second-order valence-corrected chi connectivity index (χ2v) is 5.73. The minimum Gasteiger partial charge on any atom is -0.322 e. The maximum atomic E-state index is 12.8. The molecule has 0 spiro atoms. The summed E-state index contributed by atoms with van der Waals surface area (Å²) in [6.45, 7) is 0. The second kappa shape index (κ2) is 7.62. The molecule has 1 amide bonds. The van der Waals surface area contributed by atoms with Crippen molar-refractivity contribution in [1.29, 1.82) is 0 Å². The molecule has 3 heteroatoms. The lowest BCUT2D eigenvalue weighted by molar-refractivity contribution is -0.111. The average molecular weight is 334 g/mol. The molecule has 0 heterocycles. The molecule has 0 saturated carbocycles. The van der Waals surface area contributed by atoms with Crippen LogP contribution in [-0.4, -0.2) is 5.91 Å². The van der Waals surface area contributed by atoms with Crippen LogP contribution in [0.3, 0.4) is 0 Å². The fraction of sp³-hybridized carbons (Fsp3) is 0. The van der Waals surface area contributed by atoms with Crippen molar-refractivity contribution in [1.82, 2.24) is 0 Å². The fourth-order valence-corrected chi connectivity index (χ4v) is 2.47. The van der Waals surface area contributed by atoms with Gasteiger partial charge in [-0.05, 0) is 41.5 Å². The number of anilines is 1. The third-order valence-corrected chi connectivity index (χ3v) is 3.79. The summed E-state index contributed by atoms with van der Waals surface area (Å²) in [6, 6.07) is 26.4. The van der Waals surface area contributed by atoms with E-state index in [-0.39, 0.29) is 5.91 Å². The van der Waals surface area contributed by atoms with Crippen molar-refractivity contribution < 1.29 is 4.79 Å². The highest BCUT2D eigenvalue weighted by molar-refractivity contribution is 6.31. The molecule has 0 saturated heterocycles.